The maximum atomic E-state index is 12.4. The molecule has 20 heavy (non-hydrogen) atoms. The number of aromatic amines is 1. The van der Waals surface area contributed by atoms with Crippen LogP contribution in [0, 0.1) is 6.92 Å². The first-order chi connectivity index (χ1) is 9.54. The van der Waals surface area contributed by atoms with E-state index in [1.54, 1.807) is 25.1 Å². The molecule has 1 heterocycles. The van der Waals surface area contributed by atoms with E-state index < -0.39 is 0 Å². The van der Waals surface area contributed by atoms with Crippen LogP contribution in [0.25, 0.3) is 0 Å². The van der Waals surface area contributed by atoms with Gasteiger partial charge in [0.15, 0.2) is 0 Å². The van der Waals surface area contributed by atoms with E-state index in [0.29, 0.717) is 5.69 Å². The van der Waals surface area contributed by atoms with Crippen LogP contribution < -0.4 is 4.74 Å². The summed E-state index contributed by atoms with van der Waals surface area (Å²) in [5.41, 5.74) is 2.26. The van der Waals surface area contributed by atoms with Crippen molar-refractivity contribution in [2.24, 2.45) is 0 Å². The van der Waals surface area contributed by atoms with Crippen LogP contribution in [0.1, 0.15) is 34.7 Å². The maximum absolute atomic E-state index is 12.4. The van der Waals surface area contributed by atoms with Gasteiger partial charge in [0.25, 0.3) is 5.91 Å². The first kappa shape index (κ1) is 14.1. The van der Waals surface area contributed by atoms with E-state index in [2.05, 4.69) is 10.2 Å². The highest BCUT2D eigenvalue weighted by molar-refractivity contribution is 5.92. The molecule has 1 N–H and O–H groups in total. The summed E-state index contributed by atoms with van der Waals surface area (Å²) in [5.74, 6) is 0.658. The quantitative estimate of drug-likeness (QED) is 0.931. The number of nitrogens with one attached hydrogen (secondary N) is 1. The molecule has 0 unspecified atom stereocenters. The molecule has 5 nitrogen and oxygen atoms in total. The third-order valence-electron chi connectivity index (χ3n) is 3.42. The lowest BCUT2D eigenvalue weighted by Crippen LogP contribution is -2.30. The summed E-state index contributed by atoms with van der Waals surface area (Å²) in [5, 5.41) is 6.79. The van der Waals surface area contributed by atoms with Gasteiger partial charge in [0.05, 0.1) is 13.2 Å². The van der Waals surface area contributed by atoms with Gasteiger partial charge in [-0.1, -0.05) is 18.2 Å². The van der Waals surface area contributed by atoms with Gasteiger partial charge in [0, 0.05) is 18.3 Å². The van der Waals surface area contributed by atoms with Gasteiger partial charge >= 0.3 is 0 Å². The lowest BCUT2D eigenvalue weighted by atomic mass is 10.1. The highest BCUT2D eigenvalue weighted by Crippen LogP contribution is 2.28. The molecule has 5 heteroatoms. The Kier molecular flexibility index (Phi) is 4.08. The second kappa shape index (κ2) is 5.77. The Bertz CT molecular complexity index is 607. The van der Waals surface area contributed by atoms with Gasteiger partial charge in [-0.2, -0.15) is 5.10 Å². The van der Waals surface area contributed by atoms with Crippen LogP contribution in [0.4, 0.5) is 0 Å². The molecule has 0 bridgehead atoms. The number of amides is 1. The molecule has 1 amide bonds. The van der Waals surface area contributed by atoms with E-state index in [-0.39, 0.29) is 11.9 Å². The summed E-state index contributed by atoms with van der Waals surface area (Å²) in [6.07, 6.45) is 0. The Morgan fingerprint density at radius 3 is 2.70 bits per heavy atom. The zero-order valence-electron chi connectivity index (χ0n) is 12.2. The molecule has 2 rings (SSSR count). The molecule has 0 radical (unpaired) electrons. The Balaban J connectivity index is 2.24. The highest BCUT2D eigenvalue weighted by atomic mass is 16.5. The number of aryl methyl sites for hydroxylation is 1. The molecule has 1 aromatic carbocycles. The molecular weight excluding hydrogens is 254 g/mol. The number of hydrogen-bond acceptors (Lipinski definition) is 3. The van der Waals surface area contributed by atoms with Crippen LogP contribution in [0.15, 0.2) is 30.3 Å². The highest BCUT2D eigenvalue weighted by Gasteiger charge is 2.22. The lowest BCUT2D eigenvalue weighted by molar-refractivity contribution is 0.0735. The molecule has 1 atom stereocenters. The monoisotopic (exact) mass is 273 g/mol. The van der Waals surface area contributed by atoms with Crippen LogP contribution in [0.2, 0.25) is 0 Å². The molecular formula is C15H19N3O2. The SMILES string of the molecule is COc1ccccc1[C@@H](C)N(C)C(=O)c1cc(C)[nH]n1. The average Bonchev–Trinajstić information content (AvgIpc) is 2.91. The zero-order chi connectivity index (χ0) is 14.7. The van der Waals surface area contributed by atoms with E-state index in [9.17, 15) is 4.79 Å². The van der Waals surface area contributed by atoms with E-state index >= 15 is 0 Å². The Labute approximate surface area is 118 Å². The Morgan fingerprint density at radius 2 is 2.10 bits per heavy atom. The third-order valence-corrected chi connectivity index (χ3v) is 3.42. The van der Waals surface area contributed by atoms with Crippen molar-refractivity contribution in [2.45, 2.75) is 19.9 Å². The molecule has 0 saturated carbocycles. The number of carbonyl (C=O) groups excluding carboxylic acids is 1. The van der Waals surface area contributed by atoms with Crippen molar-refractivity contribution in [3.63, 3.8) is 0 Å². The van der Waals surface area contributed by atoms with E-state index in [1.807, 2.05) is 38.1 Å². The minimum absolute atomic E-state index is 0.101. The van der Waals surface area contributed by atoms with Crippen molar-refractivity contribution in [1.29, 1.82) is 0 Å². The number of aromatic nitrogens is 2. The minimum Gasteiger partial charge on any atom is -0.496 e. The topological polar surface area (TPSA) is 58.2 Å². The van der Waals surface area contributed by atoms with Gasteiger partial charge in [-0.3, -0.25) is 9.89 Å². The molecule has 1 aromatic heterocycles. The number of H-pyrrole nitrogens is 1. The van der Waals surface area contributed by atoms with Crippen LogP contribution >= 0.6 is 0 Å². The molecule has 2 aromatic rings. The summed E-state index contributed by atoms with van der Waals surface area (Å²) in [7, 11) is 3.40. The second-order valence-corrected chi connectivity index (χ2v) is 4.77. The first-order valence-electron chi connectivity index (χ1n) is 6.46. The summed E-state index contributed by atoms with van der Waals surface area (Å²) in [6, 6.07) is 9.34. The largest absolute Gasteiger partial charge is 0.496 e. The number of hydrogen-bond donors (Lipinski definition) is 1. The summed E-state index contributed by atoms with van der Waals surface area (Å²) in [4.78, 5) is 14.0. The van der Waals surface area contributed by atoms with Crippen LogP contribution in [-0.4, -0.2) is 35.2 Å². The molecule has 106 valence electrons. The zero-order valence-corrected chi connectivity index (χ0v) is 12.2. The summed E-state index contributed by atoms with van der Waals surface area (Å²) < 4.78 is 5.35. The Morgan fingerprint density at radius 1 is 1.40 bits per heavy atom. The molecule has 0 fully saturated rings. The molecule has 0 aliphatic carbocycles. The first-order valence-corrected chi connectivity index (χ1v) is 6.46. The minimum atomic E-state index is -0.118. The summed E-state index contributed by atoms with van der Waals surface area (Å²) in [6.45, 7) is 3.84. The van der Waals surface area contributed by atoms with E-state index in [1.165, 1.54) is 0 Å². The number of nitrogens with zero attached hydrogens (tertiary/aromatic N) is 2. The molecule has 0 saturated heterocycles. The number of rotatable bonds is 4. The van der Waals surface area contributed by atoms with E-state index in [4.69, 9.17) is 4.74 Å². The molecule has 0 aliphatic heterocycles. The van der Waals surface area contributed by atoms with Gasteiger partial charge in [0.2, 0.25) is 0 Å². The van der Waals surface area contributed by atoms with Crippen molar-refractivity contribution >= 4 is 5.91 Å². The van der Waals surface area contributed by atoms with Gasteiger partial charge in [-0.15, -0.1) is 0 Å². The fourth-order valence-electron chi connectivity index (χ4n) is 2.10. The fourth-order valence-corrected chi connectivity index (χ4v) is 2.10. The third kappa shape index (κ3) is 2.66. The predicted molar refractivity (Wildman–Crippen MR) is 76.8 cm³/mol. The molecule has 0 spiro atoms. The number of methoxy groups -OCH3 is 1. The fraction of sp³-hybridized carbons (Fsp3) is 0.333. The average molecular weight is 273 g/mol. The van der Waals surface area contributed by atoms with Gasteiger partial charge in [-0.05, 0) is 26.0 Å². The molecule has 0 aliphatic rings. The lowest BCUT2D eigenvalue weighted by Gasteiger charge is -2.25. The number of benzene rings is 1. The number of ether oxygens (including phenoxy) is 1. The smallest absolute Gasteiger partial charge is 0.274 e. The van der Waals surface area contributed by atoms with Crippen molar-refractivity contribution in [3.05, 3.63) is 47.3 Å². The Hall–Kier alpha value is -2.30. The van der Waals surface area contributed by atoms with Crippen LogP contribution in [0.5, 0.6) is 5.75 Å². The van der Waals surface area contributed by atoms with Crippen molar-refractivity contribution in [1.82, 2.24) is 15.1 Å². The van der Waals surface area contributed by atoms with Crippen molar-refractivity contribution in [3.8, 4) is 5.75 Å². The normalized spacial score (nSPS) is 12.0. The van der Waals surface area contributed by atoms with E-state index in [0.717, 1.165) is 17.0 Å². The van der Waals surface area contributed by atoms with Crippen LogP contribution in [0.3, 0.4) is 0 Å². The standard InChI is InChI=1S/C15H19N3O2/c1-10-9-13(17-16-10)15(19)18(3)11(2)12-7-5-6-8-14(12)20-4/h5-9,11H,1-4H3,(H,16,17)/t11-/m1/s1. The van der Waals surface area contributed by atoms with Crippen molar-refractivity contribution < 1.29 is 9.53 Å². The predicted octanol–water partition coefficient (Wildman–Crippen LogP) is 2.56. The van der Waals surface area contributed by atoms with Gasteiger partial charge < -0.3 is 9.64 Å². The van der Waals surface area contributed by atoms with Gasteiger partial charge in [0.1, 0.15) is 11.4 Å². The van der Waals surface area contributed by atoms with Crippen molar-refractivity contribution in [2.75, 3.05) is 14.2 Å². The van der Waals surface area contributed by atoms with Crippen LogP contribution in [-0.2, 0) is 0 Å². The number of carbonyl (C=O) groups is 1. The second-order valence-electron chi connectivity index (χ2n) is 4.77. The summed E-state index contributed by atoms with van der Waals surface area (Å²) >= 11 is 0. The maximum Gasteiger partial charge on any atom is 0.274 e. The number of para-hydroxylation sites is 1. The van der Waals surface area contributed by atoms with Gasteiger partial charge in [-0.25, -0.2) is 0 Å².